The number of fused-ring (bicyclic) bond motifs is 6. The Morgan fingerprint density at radius 1 is 0.453 bits per heavy atom. The first-order valence-corrected chi connectivity index (χ1v) is 21.8. The van der Waals surface area contributed by atoms with Gasteiger partial charge in [0.2, 0.25) is 0 Å². The first-order valence-electron chi connectivity index (χ1n) is 24.3. The Bertz CT molecular complexity index is 3630. The highest BCUT2D eigenvalue weighted by atomic mass is 16.3. The average molecular weight is 826 g/mol. The van der Waals surface area contributed by atoms with E-state index >= 15 is 0 Å². The number of allylic oxidation sites excluding steroid dienone is 4. The fourth-order valence-electron chi connectivity index (χ4n) is 10.4. The van der Waals surface area contributed by atoms with E-state index in [2.05, 4.69) is 144 Å². The van der Waals surface area contributed by atoms with E-state index in [9.17, 15) is 2.74 Å². The molecule has 64 heavy (non-hydrogen) atoms. The fourth-order valence-corrected chi connectivity index (χ4v) is 10.4. The molecule has 0 N–H and O–H groups in total. The molecule has 1 heterocycles. The Balaban J connectivity index is 1.10. The van der Waals surface area contributed by atoms with Gasteiger partial charge in [0.15, 0.2) is 0 Å². The molecule has 2 aliphatic rings. The molecule has 3 unspecified atom stereocenters. The van der Waals surface area contributed by atoms with Gasteiger partial charge in [0.05, 0.1) is 23.3 Å². The van der Waals surface area contributed by atoms with E-state index in [0.29, 0.717) is 11.4 Å². The average Bonchev–Trinajstić information content (AvgIpc) is 3.94. The zero-order chi connectivity index (χ0) is 46.8. The van der Waals surface area contributed by atoms with Gasteiger partial charge in [0.1, 0.15) is 11.2 Å². The summed E-state index contributed by atoms with van der Waals surface area (Å²) in [6, 6.07) is 66.8. The molecule has 0 amide bonds. The maximum atomic E-state index is 9.47. The van der Waals surface area contributed by atoms with Gasteiger partial charge in [-0.1, -0.05) is 182 Å². The summed E-state index contributed by atoms with van der Waals surface area (Å²) in [4.78, 5) is 4.05. The van der Waals surface area contributed by atoms with Crippen molar-refractivity contribution in [2.75, 3.05) is 9.80 Å². The number of nitrogens with zero attached hydrogens (tertiary/aromatic N) is 2. The predicted octanol–water partition coefficient (Wildman–Crippen LogP) is 16.4. The van der Waals surface area contributed by atoms with E-state index in [1.807, 2.05) is 89.8 Å². The maximum absolute atomic E-state index is 9.47. The van der Waals surface area contributed by atoms with Crippen LogP contribution in [-0.4, -0.2) is 0 Å². The van der Waals surface area contributed by atoms with Crippen molar-refractivity contribution in [2.45, 2.75) is 11.3 Å². The third-order valence-electron chi connectivity index (χ3n) is 13.1. The summed E-state index contributed by atoms with van der Waals surface area (Å²) in [7, 11) is 0. The van der Waals surface area contributed by atoms with E-state index in [1.165, 1.54) is 11.1 Å². The summed E-state index contributed by atoms with van der Waals surface area (Å²) < 4.78 is 51.9. The summed E-state index contributed by atoms with van der Waals surface area (Å²) in [5, 5.41) is 1.93. The quantitative estimate of drug-likeness (QED) is 0.145. The summed E-state index contributed by atoms with van der Waals surface area (Å²) in [5.41, 5.74) is 11.6. The van der Waals surface area contributed by atoms with E-state index in [0.717, 1.165) is 61.3 Å². The lowest BCUT2D eigenvalue weighted by molar-refractivity contribution is 0.457. The van der Waals surface area contributed by atoms with Crippen molar-refractivity contribution < 1.29 is 11.3 Å². The Morgan fingerprint density at radius 3 is 1.91 bits per heavy atom. The summed E-state index contributed by atoms with van der Waals surface area (Å²) in [6.07, 6.45) is 8.91. The first kappa shape index (κ1) is 32.6. The molecule has 3 nitrogen and oxygen atoms in total. The molecule has 0 fully saturated rings. The van der Waals surface area contributed by atoms with Gasteiger partial charge in [-0.15, -0.1) is 0 Å². The van der Waals surface area contributed by atoms with E-state index in [4.69, 9.17) is 8.53 Å². The highest BCUT2D eigenvalue weighted by Gasteiger charge is 2.52. The van der Waals surface area contributed by atoms with Gasteiger partial charge in [0.25, 0.3) is 0 Å². The van der Waals surface area contributed by atoms with Crippen molar-refractivity contribution in [2.24, 2.45) is 5.92 Å². The van der Waals surface area contributed by atoms with Gasteiger partial charge in [-0.25, -0.2) is 0 Å². The van der Waals surface area contributed by atoms with Crippen LogP contribution >= 0.6 is 0 Å². The number of benzene rings is 9. The van der Waals surface area contributed by atoms with Crippen molar-refractivity contribution in [1.29, 1.82) is 0 Å². The summed E-state index contributed by atoms with van der Waals surface area (Å²) in [5.74, 6) is 0.173. The van der Waals surface area contributed by atoms with Crippen LogP contribution in [0.15, 0.2) is 259 Å². The zero-order valence-corrected chi connectivity index (χ0v) is 34.8. The lowest BCUT2D eigenvalue weighted by Crippen LogP contribution is -2.35. The van der Waals surface area contributed by atoms with Crippen LogP contribution in [0.25, 0.3) is 33.1 Å². The highest BCUT2D eigenvalue weighted by molar-refractivity contribution is 6.13. The van der Waals surface area contributed by atoms with Gasteiger partial charge in [-0.05, 0) is 106 Å². The maximum Gasteiger partial charge on any atom is 0.137 e. The summed E-state index contributed by atoms with van der Waals surface area (Å²) in [6.45, 7) is 0. The van der Waals surface area contributed by atoms with Crippen LogP contribution in [0.3, 0.4) is 0 Å². The van der Waals surface area contributed by atoms with Crippen molar-refractivity contribution in [3.63, 3.8) is 0 Å². The smallest absolute Gasteiger partial charge is 0.137 e. The molecule has 0 radical (unpaired) electrons. The molecule has 3 atom stereocenters. The largest absolute Gasteiger partial charge is 0.456 e. The minimum absolute atomic E-state index is 0.0404. The van der Waals surface area contributed by atoms with E-state index in [1.54, 1.807) is 0 Å². The molecule has 12 rings (SSSR count). The number of anilines is 6. The zero-order valence-electron chi connectivity index (χ0n) is 39.8. The van der Waals surface area contributed by atoms with Gasteiger partial charge in [0, 0.05) is 45.7 Å². The highest BCUT2D eigenvalue weighted by Crippen LogP contribution is 2.60. The Hall–Kier alpha value is -8.14. The number of rotatable bonds is 9. The van der Waals surface area contributed by atoms with Crippen molar-refractivity contribution in [3.8, 4) is 11.1 Å². The van der Waals surface area contributed by atoms with Crippen LogP contribution in [0.4, 0.5) is 34.1 Å². The molecule has 0 saturated carbocycles. The van der Waals surface area contributed by atoms with Crippen LogP contribution in [0, 0.1) is 5.92 Å². The lowest BCUT2D eigenvalue weighted by Gasteiger charge is -2.39. The Labute approximate surface area is 381 Å². The Morgan fingerprint density at radius 2 is 1.08 bits per heavy atom. The van der Waals surface area contributed by atoms with Crippen LogP contribution in [0.1, 0.15) is 35.0 Å². The Kier molecular flexibility index (Phi) is 7.96. The number of hydrogen-bond donors (Lipinski definition) is 0. The second-order valence-electron chi connectivity index (χ2n) is 16.5. The minimum atomic E-state index is -0.623. The second-order valence-corrected chi connectivity index (χ2v) is 16.5. The third kappa shape index (κ3) is 6.12. The van der Waals surface area contributed by atoms with Gasteiger partial charge >= 0.3 is 0 Å². The topological polar surface area (TPSA) is 19.6 Å². The molecule has 1 aromatic heterocycles. The molecule has 3 heteroatoms. The van der Waals surface area contributed by atoms with Gasteiger partial charge < -0.3 is 14.2 Å². The molecule has 0 saturated heterocycles. The standard InChI is InChI=1S/C61H44N2O/c1-4-19-43(20-5-1)44-37-39-48(40-38-44)63(57-34-18-36-59-60(57)54-31-12-15-35-58(54)64-59)51-28-17-27-50(42-51)62(47-24-8-3-9-25-47)49-26-16-23-46(41-49)61(45-21-6-2-7-22-45)55-32-13-10-29-52(55)53-30-11-14-33-56(53)61/h1-42,52,55H/i3D,8D,9D,24D,25D. The van der Waals surface area contributed by atoms with Gasteiger partial charge in [-0.2, -0.15) is 0 Å². The molecule has 0 aliphatic heterocycles. The first-order chi connectivity index (χ1) is 33.8. The van der Waals surface area contributed by atoms with Crippen LogP contribution in [-0.2, 0) is 5.41 Å². The van der Waals surface area contributed by atoms with Gasteiger partial charge in [-0.3, -0.25) is 0 Å². The lowest BCUT2D eigenvalue weighted by atomic mass is 9.63. The SMILES string of the molecule is [2H]c1c([2H])c([2H])c(N(c2cccc(N(c3ccc(-c4ccccc4)cc3)c3cccc4oc5ccccc5c34)c2)c2cccc(C3(c4ccccc4)c4ccccc4C4C=CC=CC43)c2)c([2H])c1[2H]. The van der Waals surface area contributed by atoms with Crippen molar-refractivity contribution >= 4 is 56.1 Å². The van der Waals surface area contributed by atoms with Crippen molar-refractivity contribution in [1.82, 2.24) is 0 Å². The molecule has 0 bridgehead atoms. The third-order valence-corrected chi connectivity index (χ3v) is 13.1. The van der Waals surface area contributed by atoms with Crippen LogP contribution in [0.2, 0.25) is 0 Å². The molecule has 0 spiro atoms. The second kappa shape index (κ2) is 15.6. The number of hydrogen-bond acceptors (Lipinski definition) is 3. The normalized spacial score (nSPS) is 18.4. The van der Waals surface area contributed by atoms with Crippen molar-refractivity contribution in [3.05, 3.63) is 277 Å². The molecule has 2 aliphatic carbocycles. The fraction of sp³-hybridized carbons (Fsp3) is 0.0492. The van der Waals surface area contributed by atoms with Crippen LogP contribution in [0.5, 0.6) is 0 Å². The molecule has 9 aromatic carbocycles. The molecule has 304 valence electrons. The number of para-hydroxylation sites is 2. The van der Waals surface area contributed by atoms with E-state index in [-0.39, 0.29) is 29.6 Å². The summed E-state index contributed by atoms with van der Waals surface area (Å²) >= 11 is 0. The minimum Gasteiger partial charge on any atom is -0.456 e. The number of furan rings is 1. The molecular weight excluding hydrogens is 777 g/mol. The van der Waals surface area contributed by atoms with Crippen LogP contribution < -0.4 is 9.80 Å². The monoisotopic (exact) mass is 825 g/mol. The van der Waals surface area contributed by atoms with E-state index < -0.39 is 23.5 Å². The molecular formula is C61H44N2O. The predicted molar refractivity (Wildman–Crippen MR) is 266 cm³/mol. The molecule has 10 aromatic rings.